The molecular formula is C16H21FN2O2. The lowest BCUT2D eigenvalue weighted by Gasteiger charge is -2.29. The molecule has 0 bridgehead atoms. The molecule has 1 aliphatic rings. The maximum Gasteiger partial charge on any atom is 0.261 e. The van der Waals surface area contributed by atoms with Gasteiger partial charge in [-0.15, -0.1) is 0 Å². The van der Waals surface area contributed by atoms with E-state index in [0.29, 0.717) is 11.5 Å². The van der Waals surface area contributed by atoms with Gasteiger partial charge in [-0.1, -0.05) is 37.1 Å². The quantitative estimate of drug-likeness (QED) is 0.670. The molecule has 1 aromatic rings. The summed E-state index contributed by atoms with van der Waals surface area (Å²) in [5.74, 6) is 0.0200. The topological polar surface area (TPSA) is 50.7 Å². The van der Waals surface area contributed by atoms with Crippen molar-refractivity contribution < 1.29 is 14.0 Å². The van der Waals surface area contributed by atoms with E-state index in [9.17, 15) is 9.18 Å². The maximum absolute atomic E-state index is 12.9. The second-order valence-corrected chi connectivity index (χ2v) is 5.50. The molecule has 1 aromatic carbocycles. The zero-order valence-electron chi connectivity index (χ0n) is 12.2. The van der Waals surface area contributed by atoms with Gasteiger partial charge < -0.3 is 10.2 Å². The van der Waals surface area contributed by atoms with Gasteiger partial charge in [0.2, 0.25) is 0 Å². The number of oxime groups is 1. The molecule has 1 N–H and O–H groups in total. The Bertz CT molecular complexity index is 505. The lowest BCUT2D eigenvalue weighted by Crippen LogP contribution is -2.42. The van der Waals surface area contributed by atoms with Gasteiger partial charge in [0.05, 0.1) is 6.21 Å². The van der Waals surface area contributed by atoms with E-state index in [4.69, 9.17) is 4.84 Å². The van der Waals surface area contributed by atoms with Crippen molar-refractivity contribution in [3.05, 3.63) is 35.6 Å². The predicted molar refractivity (Wildman–Crippen MR) is 79.5 cm³/mol. The maximum atomic E-state index is 12.9. The van der Waals surface area contributed by atoms with E-state index in [1.807, 2.05) is 0 Å². The molecule has 21 heavy (non-hydrogen) atoms. The minimum atomic E-state index is -0.331. The molecule has 0 radical (unpaired) electrons. The van der Waals surface area contributed by atoms with Gasteiger partial charge in [0.25, 0.3) is 5.91 Å². The Morgan fingerprint density at radius 2 is 2.29 bits per heavy atom. The SMILES string of the molecule is C[C@H]1CCCC[C@H]1NC(=O)CO/N=C\c1cccc(F)c1. The molecule has 0 saturated heterocycles. The number of nitrogens with zero attached hydrogens (tertiary/aromatic N) is 1. The monoisotopic (exact) mass is 292 g/mol. The fourth-order valence-corrected chi connectivity index (χ4v) is 2.56. The Morgan fingerprint density at radius 3 is 3.05 bits per heavy atom. The van der Waals surface area contributed by atoms with Crippen LogP contribution in [-0.4, -0.2) is 24.8 Å². The highest BCUT2D eigenvalue weighted by Gasteiger charge is 2.22. The number of halogens is 1. The molecule has 0 heterocycles. The molecule has 5 heteroatoms. The first-order valence-corrected chi connectivity index (χ1v) is 7.35. The van der Waals surface area contributed by atoms with Crippen LogP contribution in [0, 0.1) is 11.7 Å². The van der Waals surface area contributed by atoms with E-state index < -0.39 is 0 Å². The Hall–Kier alpha value is -1.91. The summed E-state index contributed by atoms with van der Waals surface area (Å²) in [6, 6.07) is 6.24. The summed E-state index contributed by atoms with van der Waals surface area (Å²) in [5, 5.41) is 6.66. The van der Waals surface area contributed by atoms with Gasteiger partial charge in [-0.2, -0.15) is 0 Å². The standard InChI is InChI=1S/C16H21FN2O2/c1-12-5-2-3-8-15(12)19-16(20)11-21-18-10-13-6-4-7-14(17)9-13/h4,6-7,9-10,12,15H,2-3,5,8,11H2,1H3,(H,19,20)/b18-10-/t12-,15+/m0/s1. The molecule has 0 aromatic heterocycles. The second kappa shape index (κ2) is 7.76. The highest BCUT2D eigenvalue weighted by molar-refractivity contribution is 5.79. The molecule has 1 saturated carbocycles. The van der Waals surface area contributed by atoms with Crippen LogP contribution in [0.2, 0.25) is 0 Å². The van der Waals surface area contributed by atoms with Gasteiger partial charge in [0, 0.05) is 6.04 Å². The van der Waals surface area contributed by atoms with Crippen molar-refractivity contribution in [2.24, 2.45) is 11.1 Å². The Balaban J connectivity index is 1.71. The van der Waals surface area contributed by atoms with Crippen LogP contribution >= 0.6 is 0 Å². The van der Waals surface area contributed by atoms with E-state index in [-0.39, 0.29) is 24.4 Å². The van der Waals surface area contributed by atoms with Crippen LogP contribution in [0.5, 0.6) is 0 Å². The van der Waals surface area contributed by atoms with Crippen molar-refractivity contribution in [2.75, 3.05) is 6.61 Å². The van der Waals surface area contributed by atoms with Crippen LogP contribution in [0.3, 0.4) is 0 Å². The molecule has 0 aliphatic heterocycles. The Kier molecular flexibility index (Phi) is 5.72. The summed E-state index contributed by atoms with van der Waals surface area (Å²) in [5.41, 5.74) is 0.594. The van der Waals surface area contributed by atoms with Crippen LogP contribution in [0.4, 0.5) is 4.39 Å². The fourth-order valence-electron chi connectivity index (χ4n) is 2.56. The first-order chi connectivity index (χ1) is 10.1. The van der Waals surface area contributed by atoms with Crippen molar-refractivity contribution in [3.8, 4) is 0 Å². The van der Waals surface area contributed by atoms with Crippen molar-refractivity contribution in [3.63, 3.8) is 0 Å². The number of nitrogens with one attached hydrogen (secondary N) is 1. The summed E-state index contributed by atoms with van der Waals surface area (Å²) in [6.45, 7) is 2.04. The summed E-state index contributed by atoms with van der Waals surface area (Å²) in [6.07, 6.45) is 5.97. The average Bonchev–Trinajstić information content (AvgIpc) is 2.46. The van der Waals surface area contributed by atoms with E-state index >= 15 is 0 Å². The highest BCUT2D eigenvalue weighted by Crippen LogP contribution is 2.23. The number of amides is 1. The Labute approximate surface area is 124 Å². The Morgan fingerprint density at radius 1 is 1.48 bits per heavy atom. The second-order valence-electron chi connectivity index (χ2n) is 5.50. The van der Waals surface area contributed by atoms with Crippen molar-refractivity contribution in [1.82, 2.24) is 5.32 Å². The van der Waals surface area contributed by atoms with Crippen LogP contribution in [0.1, 0.15) is 38.2 Å². The molecule has 4 nitrogen and oxygen atoms in total. The van der Waals surface area contributed by atoms with Gasteiger partial charge in [-0.3, -0.25) is 4.79 Å². The number of hydrogen-bond donors (Lipinski definition) is 1. The third-order valence-electron chi connectivity index (χ3n) is 3.78. The number of carbonyl (C=O) groups is 1. The first kappa shape index (κ1) is 15.5. The molecule has 2 rings (SSSR count). The average molecular weight is 292 g/mol. The molecule has 1 amide bonds. The summed E-state index contributed by atoms with van der Waals surface area (Å²) in [4.78, 5) is 16.7. The zero-order chi connectivity index (χ0) is 15.1. The molecule has 1 aliphatic carbocycles. The minimum absolute atomic E-state index is 0.116. The largest absolute Gasteiger partial charge is 0.386 e. The summed E-state index contributed by atoms with van der Waals surface area (Å²) >= 11 is 0. The number of hydrogen-bond acceptors (Lipinski definition) is 3. The van der Waals surface area contributed by atoms with Gasteiger partial charge in [-0.25, -0.2) is 4.39 Å². The third kappa shape index (κ3) is 5.17. The lowest BCUT2D eigenvalue weighted by atomic mass is 9.86. The molecule has 0 spiro atoms. The summed E-state index contributed by atoms with van der Waals surface area (Å²) in [7, 11) is 0. The summed E-state index contributed by atoms with van der Waals surface area (Å²) < 4.78 is 12.9. The molecule has 0 unspecified atom stereocenters. The van der Waals surface area contributed by atoms with E-state index in [0.717, 1.165) is 19.3 Å². The van der Waals surface area contributed by atoms with E-state index in [1.165, 1.54) is 24.8 Å². The molecular weight excluding hydrogens is 271 g/mol. The first-order valence-electron chi connectivity index (χ1n) is 7.35. The normalized spacial score (nSPS) is 22.2. The van der Waals surface area contributed by atoms with Crippen molar-refractivity contribution in [2.45, 2.75) is 38.6 Å². The van der Waals surface area contributed by atoms with Crippen LogP contribution < -0.4 is 5.32 Å². The van der Waals surface area contributed by atoms with Crippen LogP contribution in [-0.2, 0) is 9.63 Å². The van der Waals surface area contributed by atoms with E-state index in [2.05, 4.69) is 17.4 Å². The van der Waals surface area contributed by atoms with Crippen molar-refractivity contribution in [1.29, 1.82) is 0 Å². The van der Waals surface area contributed by atoms with Gasteiger partial charge >= 0.3 is 0 Å². The lowest BCUT2D eigenvalue weighted by molar-refractivity contribution is -0.126. The number of benzene rings is 1. The van der Waals surface area contributed by atoms with Crippen LogP contribution in [0.25, 0.3) is 0 Å². The van der Waals surface area contributed by atoms with E-state index in [1.54, 1.807) is 12.1 Å². The third-order valence-corrected chi connectivity index (χ3v) is 3.78. The van der Waals surface area contributed by atoms with Gasteiger partial charge in [0.1, 0.15) is 5.82 Å². The minimum Gasteiger partial charge on any atom is -0.386 e. The van der Waals surface area contributed by atoms with Crippen molar-refractivity contribution >= 4 is 12.1 Å². The predicted octanol–water partition coefficient (Wildman–Crippen LogP) is 2.87. The van der Waals surface area contributed by atoms with Gasteiger partial charge in [0.15, 0.2) is 6.61 Å². The zero-order valence-corrected chi connectivity index (χ0v) is 12.2. The number of rotatable bonds is 5. The smallest absolute Gasteiger partial charge is 0.261 e. The van der Waals surface area contributed by atoms with Crippen LogP contribution in [0.15, 0.2) is 29.4 Å². The molecule has 1 fully saturated rings. The highest BCUT2D eigenvalue weighted by atomic mass is 19.1. The molecule has 2 atom stereocenters. The number of carbonyl (C=O) groups excluding carboxylic acids is 1. The van der Waals surface area contributed by atoms with Gasteiger partial charge in [-0.05, 0) is 36.5 Å². The fraction of sp³-hybridized carbons (Fsp3) is 0.500. The molecule has 114 valence electrons.